The van der Waals surface area contributed by atoms with Crippen LogP contribution in [0.4, 0.5) is 10.3 Å². The molecule has 1 aromatic heterocycles. The Bertz CT molecular complexity index is 778. The fraction of sp³-hybridized carbons (Fsp3) is 0.375. The fourth-order valence-electron chi connectivity index (χ4n) is 2.74. The molecule has 0 amide bonds. The first-order chi connectivity index (χ1) is 11.5. The Balaban J connectivity index is 1.53. The number of nitrogens with zero attached hydrogens (tertiary/aromatic N) is 3. The van der Waals surface area contributed by atoms with Crippen molar-refractivity contribution in [3.8, 4) is 0 Å². The molecule has 6 nitrogen and oxygen atoms in total. The zero-order chi connectivity index (χ0) is 17.0. The molecular weight excluding hydrogens is 331 g/mol. The number of nitrogens with one attached hydrogen (secondary N) is 1. The summed E-state index contributed by atoms with van der Waals surface area (Å²) in [6.45, 7) is 1.93. The summed E-state index contributed by atoms with van der Waals surface area (Å²) in [5, 5.41) is 0. The SMILES string of the molecule is O=S(=O)(NCC1CCN(c2ncccn2)CC1)c1cccc(F)c1. The van der Waals surface area contributed by atoms with Crippen LogP contribution in [0.3, 0.4) is 0 Å². The maximum Gasteiger partial charge on any atom is 0.240 e. The molecule has 1 fully saturated rings. The minimum atomic E-state index is -3.68. The van der Waals surface area contributed by atoms with E-state index in [2.05, 4.69) is 19.6 Å². The van der Waals surface area contributed by atoms with Crippen LogP contribution < -0.4 is 9.62 Å². The number of rotatable bonds is 5. The molecule has 0 aliphatic carbocycles. The van der Waals surface area contributed by atoms with E-state index < -0.39 is 15.8 Å². The van der Waals surface area contributed by atoms with Gasteiger partial charge in [-0.3, -0.25) is 0 Å². The zero-order valence-electron chi connectivity index (χ0n) is 13.1. The second kappa shape index (κ2) is 7.23. The monoisotopic (exact) mass is 350 g/mol. The molecule has 1 aliphatic heterocycles. The van der Waals surface area contributed by atoms with E-state index in [1.165, 1.54) is 18.2 Å². The molecular formula is C16H19FN4O2S. The number of hydrogen-bond donors (Lipinski definition) is 1. The number of anilines is 1. The molecule has 2 aromatic rings. The molecule has 3 rings (SSSR count). The lowest BCUT2D eigenvalue weighted by Crippen LogP contribution is -2.39. The van der Waals surface area contributed by atoms with Crippen LogP contribution in [0.2, 0.25) is 0 Å². The van der Waals surface area contributed by atoms with Gasteiger partial charge in [-0.1, -0.05) is 6.07 Å². The first-order valence-electron chi connectivity index (χ1n) is 7.82. The standard InChI is InChI=1S/C16H19FN4O2S/c17-14-3-1-4-15(11-14)24(22,23)20-12-13-5-9-21(10-6-13)16-18-7-2-8-19-16/h1-4,7-8,11,13,20H,5-6,9-10,12H2. The third kappa shape index (κ3) is 4.07. The molecule has 1 aliphatic rings. The summed E-state index contributed by atoms with van der Waals surface area (Å²) >= 11 is 0. The molecule has 0 bridgehead atoms. The van der Waals surface area contributed by atoms with Crippen molar-refractivity contribution in [3.63, 3.8) is 0 Å². The molecule has 0 saturated carbocycles. The molecule has 8 heteroatoms. The van der Waals surface area contributed by atoms with E-state index >= 15 is 0 Å². The average molecular weight is 350 g/mol. The van der Waals surface area contributed by atoms with Crippen molar-refractivity contribution >= 4 is 16.0 Å². The Morgan fingerprint density at radius 2 is 1.88 bits per heavy atom. The van der Waals surface area contributed by atoms with Crippen LogP contribution >= 0.6 is 0 Å². The predicted molar refractivity (Wildman–Crippen MR) is 88.6 cm³/mol. The second-order valence-electron chi connectivity index (χ2n) is 5.79. The number of sulfonamides is 1. The first kappa shape index (κ1) is 16.8. The van der Waals surface area contributed by atoms with Crippen molar-refractivity contribution in [2.75, 3.05) is 24.5 Å². The van der Waals surface area contributed by atoms with Gasteiger partial charge in [0.2, 0.25) is 16.0 Å². The van der Waals surface area contributed by atoms with E-state index in [-0.39, 0.29) is 10.8 Å². The smallest absolute Gasteiger partial charge is 0.240 e. The van der Waals surface area contributed by atoms with Gasteiger partial charge in [0.1, 0.15) is 5.82 Å². The summed E-state index contributed by atoms with van der Waals surface area (Å²) in [5.41, 5.74) is 0. The van der Waals surface area contributed by atoms with Crippen molar-refractivity contribution in [2.24, 2.45) is 5.92 Å². The lowest BCUT2D eigenvalue weighted by Gasteiger charge is -2.31. The van der Waals surface area contributed by atoms with Crippen LogP contribution in [0, 0.1) is 11.7 Å². The van der Waals surface area contributed by atoms with E-state index in [4.69, 9.17) is 0 Å². The van der Waals surface area contributed by atoms with E-state index in [0.29, 0.717) is 12.5 Å². The van der Waals surface area contributed by atoms with Crippen LogP contribution in [0.25, 0.3) is 0 Å². The highest BCUT2D eigenvalue weighted by Crippen LogP contribution is 2.20. The molecule has 1 N–H and O–H groups in total. The minimum Gasteiger partial charge on any atom is -0.341 e. The molecule has 1 aromatic carbocycles. The highest BCUT2D eigenvalue weighted by atomic mass is 32.2. The minimum absolute atomic E-state index is 0.0439. The van der Waals surface area contributed by atoms with Gasteiger partial charge in [0.15, 0.2) is 0 Å². The number of benzene rings is 1. The summed E-state index contributed by atoms with van der Waals surface area (Å²) in [5.74, 6) is 0.388. The van der Waals surface area contributed by atoms with Crippen molar-refractivity contribution in [3.05, 3.63) is 48.5 Å². The highest BCUT2D eigenvalue weighted by Gasteiger charge is 2.23. The molecule has 0 unspecified atom stereocenters. The van der Waals surface area contributed by atoms with Crippen molar-refractivity contribution < 1.29 is 12.8 Å². The summed E-state index contributed by atoms with van der Waals surface area (Å²) < 4.78 is 40.2. The molecule has 24 heavy (non-hydrogen) atoms. The van der Waals surface area contributed by atoms with Crippen LogP contribution in [0.15, 0.2) is 47.6 Å². The van der Waals surface area contributed by atoms with E-state index in [1.54, 1.807) is 18.5 Å². The van der Waals surface area contributed by atoms with E-state index in [9.17, 15) is 12.8 Å². The Hall–Kier alpha value is -2.06. The highest BCUT2D eigenvalue weighted by molar-refractivity contribution is 7.89. The average Bonchev–Trinajstić information content (AvgIpc) is 2.61. The molecule has 2 heterocycles. The fourth-order valence-corrected chi connectivity index (χ4v) is 3.88. The van der Waals surface area contributed by atoms with E-state index in [1.807, 2.05) is 0 Å². The van der Waals surface area contributed by atoms with E-state index in [0.717, 1.165) is 32.0 Å². The molecule has 1 saturated heterocycles. The number of hydrogen-bond acceptors (Lipinski definition) is 5. The van der Waals surface area contributed by atoms with Gasteiger partial charge in [-0.15, -0.1) is 0 Å². The molecule has 0 radical (unpaired) electrons. The largest absolute Gasteiger partial charge is 0.341 e. The van der Waals surface area contributed by atoms with Crippen LogP contribution in [-0.2, 0) is 10.0 Å². The molecule has 0 spiro atoms. The Morgan fingerprint density at radius 1 is 1.17 bits per heavy atom. The van der Waals surface area contributed by atoms with Crippen molar-refractivity contribution in [1.82, 2.24) is 14.7 Å². The van der Waals surface area contributed by atoms with Gasteiger partial charge in [0.05, 0.1) is 4.90 Å². The number of piperidine rings is 1. The normalized spacial score (nSPS) is 16.3. The summed E-state index contributed by atoms with van der Waals surface area (Å²) in [7, 11) is -3.68. The van der Waals surface area contributed by atoms with Gasteiger partial charge in [-0.05, 0) is 43.0 Å². The van der Waals surface area contributed by atoms with Crippen LogP contribution in [-0.4, -0.2) is 38.0 Å². The van der Waals surface area contributed by atoms with Crippen LogP contribution in [0.1, 0.15) is 12.8 Å². The summed E-state index contributed by atoms with van der Waals surface area (Å²) in [4.78, 5) is 10.5. The topological polar surface area (TPSA) is 75.2 Å². The summed E-state index contributed by atoms with van der Waals surface area (Å²) in [6, 6.07) is 6.80. The van der Waals surface area contributed by atoms with Gasteiger partial charge >= 0.3 is 0 Å². The lowest BCUT2D eigenvalue weighted by atomic mass is 9.97. The Morgan fingerprint density at radius 3 is 2.54 bits per heavy atom. The quantitative estimate of drug-likeness (QED) is 0.890. The van der Waals surface area contributed by atoms with Gasteiger partial charge < -0.3 is 4.90 Å². The van der Waals surface area contributed by atoms with Crippen LogP contribution in [0.5, 0.6) is 0 Å². The lowest BCUT2D eigenvalue weighted by molar-refractivity contribution is 0.399. The maximum absolute atomic E-state index is 13.2. The number of halogens is 1. The number of aromatic nitrogens is 2. The first-order valence-corrected chi connectivity index (χ1v) is 9.30. The van der Waals surface area contributed by atoms with Gasteiger partial charge in [0.25, 0.3) is 0 Å². The third-order valence-corrected chi connectivity index (χ3v) is 5.54. The van der Waals surface area contributed by atoms with Crippen molar-refractivity contribution in [1.29, 1.82) is 0 Å². The summed E-state index contributed by atoms with van der Waals surface area (Å²) in [6.07, 6.45) is 5.12. The van der Waals surface area contributed by atoms with Gasteiger partial charge in [-0.25, -0.2) is 27.5 Å². The van der Waals surface area contributed by atoms with Gasteiger partial charge in [-0.2, -0.15) is 0 Å². The zero-order valence-corrected chi connectivity index (χ0v) is 13.9. The molecule has 0 atom stereocenters. The second-order valence-corrected chi connectivity index (χ2v) is 7.56. The molecule has 128 valence electrons. The maximum atomic E-state index is 13.2. The predicted octanol–water partition coefficient (Wildman–Crippen LogP) is 1.81. The third-order valence-electron chi connectivity index (χ3n) is 4.12. The Labute approximate surface area is 140 Å². The van der Waals surface area contributed by atoms with Gasteiger partial charge in [0, 0.05) is 32.0 Å². The van der Waals surface area contributed by atoms with Crippen molar-refractivity contribution in [2.45, 2.75) is 17.7 Å². The Kier molecular flexibility index (Phi) is 5.06.